The van der Waals surface area contributed by atoms with Crippen molar-refractivity contribution in [1.82, 2.24) is 4.90 Å². The van der Waals surface area contributed by atoms with Crippen molar-refractivity contribution < 1.29 is 14.2 Å². The number of rotatable bonds is 9. The summed E-state index contributed by atoms with van der Waals surface area (Å²) in [6, 6.07) is 27.7. The van der Waals surface area contributed by atoms with Gasteiger partial charge in [-0.3, -0.25) is 4.90 Å². The molecule has 0 saturated carbocycles. The second-order valence-corrected chi connectivity index (χ2v) is 9.12. The van der Waals surface area contributed by atoms with Crippen molar-refractivity contribution in [2.24, 2.45) is 0 Å². The summed E-state index contributed by atoms with van der Waals surface area (Å²) >= 11 is 0. The van der Waals surface area contributed by atoms with Gasteiger partial charge in [0.05, 0.1) is 38.1 Å². The number of fused-ring (bicyclic) bond motifs is 1. The number of hydrogen-bond donors (Lipinski definition) is 0. The molecule has 0 spiro atoms. The van der Waals surface area contributed by atoms with Crippen LogP contribution in [0.15, 0.2) is 78.9 Å². The summed E-state index contributed by atoms with van der Waals surface area (Å²) in [6.45, 7) is 5.15. The summed E-state index contributed by atoms with van der Waals surface area (Å²) in [5.41, 5.74) is 3.61. The summed E-state index contributed by atoms with van der Waals surface area (Å²) in [5.74, 6) is 1.83. The van der Waals surface area contributed by atoms with Crippen LogP contribution in [0.2, 0.25) is 0 Å². The van der Waals surface area contributed by atoms with Crippen LogP contribution in [0, 0.1) is 0 Å². The zero-order chi connectivity index (χ0) is 23.2. The second-order valence-electron chi connectivity index (χ2n) is 9.12. The fourth-order valence-corrected chi connectivity index (χ4v) is 5.07. The number of anilines is 1. The number of para-hydroxylation sites is 2. The predicted molar refractivity (Wildman–Crippen MR) is 136 cm³/mol. The average molecular weight is 459 g/mol. The first-order valence-electron chi connectivity index (χ1n) is 12.3. The third-order valence-electron chi connectivity index (χ3n) is 6.93. The molecular formula is C29H34N2O3. The molecule has 3 aromatic carbocycles. The molecule has 0 N–H and O–H groups in total. The van der Waals surface area contributed by atoms with Crippen molar-refractivity contribution in [2.75, 3.05) is 44.9 Å². The van der Waals surface area contributed by atoms with Crippen molar-refractivity contribution >= 4 is 5.69 Å². The molecule has 0 radical (unpaired) electrons. The van der Waals surface area contributed by atoms with E-state index in [4.69, 9.17) is 14.2 Å². The first-order chi connectivity index (χ1) is 16.8. The average Bonchev–Trinajstić information content (AvgIpc) is 3.44. The van der Waals surface area contributed by atoms with E-state index < -0.39 is 0 Å². The van der Waals surface area contributed by atoms with Gasteiger partial charge < -0.3 is 19.1 Å². The molecule has 3 aromatic rings. The molecule has 0 bridgehead atoms. The summed E-state index contributed by atoms with van der Waals surface area (Å²) in [6.07, 6.45) is 2.52. The Labute approximate surface area is 202 Å². The van der Waals surface area contributed by atoms with Crippen molar-refractivity contribution in [3.63, 3.8) is 0 Å². The highest BCUT2D eigenvalue weighted by Crippen LogP contribution is 2.40. The normalized spacial score (nSPS) is 18.9. The fraction of sp³-hybridized carbons (Fsp3) is 0.379. The molecule has 34 heavy (non-hydrogen) atoms. The first-order valence-corrected chi connectivity index (χ1v) is 12.3. The standard InChI is InChI=1S/C29H34N2O3/c1-32-26-15-13-24(14-16-26)28-22-34-29-12-6-5-11-27(29)31(28)19-25(30-17-7-8-18-30)21-33-20-23-9-3-2-4-10-23/h2-6,9-16,25,28H,7-8,17-22H2,1H3. The molecule has 5 nitrogen and oxygen atoms in total. The molecule has 5 rings (SSSR count). The molecule has 1 fully saturated rings. The zero-order valence-corrected chi connectivity index (χ0v) is 19.9. The molecular weight excluding hydrogens is 424 g/mol. The Morgan fingerprint density at radius 1 is 0.912 bits per heavy atom. The summed E-state index contributed by atoms with van der Waals surface area (Å²) in [7, 11) is 1.71. The third-order valence-corrected chi connectivity index (χ3v) is 6.93. The largest absolute Gasteiger partial charge is 0.497 e. The van der Waals surface area contributed by atoms with Crippen molar-refractivity contribution in [3.8, 4) is 11.5 Å². The van der Waals surface area contributed by atoms with Gasteiger partial charge >= 0.3 is 0 Å². The monoisotopic (exact) mass is 458 g/mol. The lowest BCUT2D eigenvalue weighted by atomic mass is 10.0. The number of nitrogens with zero attached hydrogens (tertiary/aromatic N) is 2. The van der Waals surface area contributed by atoms with E-state index in [0.717, 1.165) is 36.8 Å². The summed E-state index contributed by atoms with van der Waals surface area (Å²) in [5, 5.41) is 0. The van der Waals surface area contributed by atoms with Crippen LogP contribution in [0.1, 0.15) is 30.0 Å². The summed E-state index contributed by atoms with van der Waals surface area (Å²) < 4.78 is 17.9. The number of likely N-dealkylation sites (tertiary alicyclic amines) is 1. The van der Waals surface area contributed by atoms with Crippen LogP contribution >= 0.6 is 0 Å². The number of benzene rings is 3. The molecule has 2 atom stereocenters. The van der Waals surface area contributed by atoms with Crippen molar-refractivity contribution in [2.45, 2.75) is 31.5 Å². The molecule has 5 heteroatoms. The molecule has 2 heterocycles. The molecule has 2 aliphatic heterocycles. The topological polar surface area (TPSA) is 34.2 Å². The van der Waals surface area contributed by atoms with E-state index in [0.29, 0.717) is 25.9 Å². The third kappa shape index (κ3) is 5.21. The molecule has 0 aromatic heterocycles. The maximum atomic E-state index is 6.28. The predicted octanol–water partition coefficient (Wildman–Crippen LogP) is 5.32. The van der Waals surface area contributed by atoms with Gasteiger partial charge in [-0.2, -0.15) is 0 Å². The maximum absolute atomic E-state index is 6.28. The minimum atomic E-state index is 0.139. The Bertz CT molecular complexity index is 1030. The van der Waals surface area contributed by atoms with Crippen LogP contribution in [0.5, 0.6) is 11.5 Å². The van der Waals surface area contributed by atoms with Gasteiger partial charge in [0.2, 0.25) is 0 Å². The SMILES string of the molecule is COc1ccc(C2COc3ccccc3N2CC(COCc2ccccc2)N2CCCC2)cc1. The molecule has 0 aliphatic carbocycles. The van der Waals surface area contributed by atoms with Gasteiger partial charge in [-0.15, -0.1) is 0 Å². The minimum absolute atomic E-state index is 0.139. The Balaban J connectivity index is 1.38. The van der Waals surface area contributed by atoms with Crippen LogP contribution in [-0.4, -0.2) is 50.9 Å². The van der Waals surface area contributed by atoms with E-state index in [1.54, 1.807) is 7.11 Å². The lowest BCUT2D eigenvalue weighted by molar-refractivity contribution is 0.0599. The van der Waals surface area contributed by atoms with E-state index in [9.17, 15) is 0 Å². The highest BCUT2D eigenvalue weighted by atomic mass is 16.5. The van der Waals surface area contributed by atoms with Gasteiger partial charge in [-0.05, 0) is 61.3 Å². The number of methoxy groups -OCH3 is 1. The summed E-state index contributed by atoms with van der Waals surface area (Å²) in [4.78, 5) is 5.13. The second kappa shape index (κ2) is 10.9. The van der Waals surface area contributed by atoms with Gasteiger partial charge in [0.1, 0.15) is 18.1 Å². The van der Waals surface area contributed by atoms with E-state index >= 15 is 0 Å². The minimum Gasteiger partial charge on any atom is -0.497 e. The van der Waals surface area contributed by atoms with Crippen LogP contribution < -0.4 is 14.4 Å². The lowest BCUT2D eigenvalue weighted by Gasteiger charge is -2.42. The van der Waals surface area contributed by atoms with Gasteiger partial charge in [0.15, 0.2) is 0 Å². The van der Waals surface area contributed by atoms with Crippen LogP contribution in [0.25, 0.3) is 0 Å². The molecule has 1 saturated heterocycles. The van der Waals surface area contributed by atoms with E-state index in [-0.39, 0.29) is 6.04 Å². The fourth-order valence-electron chi connectivity index (χ4n) is 5.07. The van der Waals surface area contributed by atoms with Crippen LogP contribution in [0.3, 0.4) is 0 Å². The van der Waals surface area contributed by atoms with E-state index in [1.165, 1.54) is 24.0 Å². The quantitative estimate of drug-likeness (QED) is 0.434. The van der Waals surface area contributed by atoms with Gasteiger partial charge in [-0.25, -0.2) is 0 Å². The molecule has 0 amide bonds. The van der Waals surface area contributed by atoms with Gasteiger partial charge in [0, 0.05) is 6.54 Å². The van der Waals surface area contributed by atoms with Gasteiger partial charge in [-0.1, -0.05) is 54.6 Å². The maximum Gasteiger partial charge on any atom is 0.142 e. The van der Waals surface area contributed by atoms with Crippen molar-refractivity contribution in [1.29, 1.82) is 0 Å². The van der Waals surface area contributed by atoms with E-state index in [1.807, 2.05) is 24.3 Å². The lowest BCUT2D eigenvalue weighted by Crippen LogP contribution is -2.48. The highest BCUT2D eigenvalue weighted by molar-refractivity contribution is 5.61. The highest BCUT2D eigenvalue weighted by Gasteiger charge is 2.33. The molecule has 2 unspecified atom stereocenters. The number of ether oxygens (including phenoxy) is 3. The Kier molecular flexibility index (Phi) is 7.32. The zero-order valence-electron chi connectivity index (χ0n) is 19.9. The Morgan fingerprint density at radius 2 is 1.65 bits per heavy atom. The Morgan fingerprint density at radius 3 is 2.41 bits per heavy atom. The van der Waals surface area contributed by atoms with Gasteiger partial charge in [0.25, 0.3) is 0 Å². The number of hydrogen-bond acceptors (Lipinski definition) is 5. The smallest absolute Gasteiger partial charge is 0.142 e. The molecule has 2 aliphatic rings. The van der Waals surface area contributed by atoms with Crippen LogP contribution in [0.4, 0.5) is 5.69 Å². The molecule has 178 valence electrons. The first kappa shape index (κ1) is 22.8. The Hall–Kier alpha value is -3.02. The van der Waals surface area contributed by atoms with Crippen molar-refractivity contribution in [3.05, 3.63) is 90.0 Å². The van der Waals surface area contributed by atoms with E-state index in [2.05, 4.69) is 64.4 Å². The van der Waals surface area contributed by atoms with Crippen LogP contribution in [-0.2, 0) is 11.3 Å².